The van der Waals surface area contributed by atoms with Gasteiger partial charge in [0.05, 0.1) is 12.6 Å². The van der Waals surface area contributed by atoms with Crippen molar-refractivity contribution in [1.29, 1.82) is 0 Å². The lowest BCUT2D eigenvalue weighted by atomic mass is 10.1. The van der Waals surface area contributed by atoms with E-state index in [1.165, 1.54) is 11.8 Å². The number of carbonyl (C=O) groups is 1. The number of nitrogens with two attached hydrogens (primary N) is 1. The van der Waals surface area contributed by atoms with Gasteiger partial charge in [-0.3, -0.25) is 9.78 Å². The van der Waals surface area contributed by atoms with Crippen molar-refractivity contribution in [2.24, 2.45) is 0 Å². The highest BCUT2D eigenvalue weighted by atomic mass is 32.2. The molecule has 0 spiro atoms. The SMILES string of the molecule is Nc1cc2c(cc1Sc1cnccn1)NC(=O)C2. The van der Waals surface area contributed by atoms with Crippen molar-refractivity contribution in [1.82, 2.24) is 9.97 Å². The lowest BCUT2D eigenvalue weighted by Crippen LogP contribution is -2.03. The fraction of sp³-hybridized carbons (Fsp3) is 0.0833. The first-order valence-corrected chi connectivity index (χ1v) is 6.20. The van der Waals surface area contributed by atoms with Gasteiger partial charge < -0.3 is 11.1 Å². The van der Waals surface area contributed by atoms with Crippen LogP contribution in [-0.2, 0) is 11.2 Å². The molecule has 0 aliphatic carbocycles. The Morgan fingerprint density at radius 2 is 2.22 bits per heavy atom. The Morgan fingerprint density at radius 3 is 3.00 bits per heavy atom. The smallest absolute Gasteiger partial charge is 0.228 e. The second-order valence-electron chi connectivity index (χ2n) is 3.92. The second-order valence-corrected chi connectivity index (χ2v) is 4.98. The van der Waals surface area contributed by atoms with E-state index < -0.39 is 0 Å². The summed E-state index contributed by atoms with van der Waals surface area (Å²) in [5.74, 6) is 0.00560. The molecule has 2 heterocycles. The van der Waals surface area contributed by atoms with Gasteiger partial charge in [0.15, 0.2) is 0 Å². The average molecular weight is 258 g/mol. The van der Waals surface area contributed by atoms with Crippen LogP contribution < -0.4 is 11.1 Å². The van der Waals surface area contributed by atoms with E-state index in [2.05, 4.69) is 15.3 Å². The van der Waals surface area contributed by atoms with Crippen LogP contribution in [0.4, 0.5) is 11.4 Å². The maximum atomic E-state index is 11.3. The molecule has 0 saturated carbocycles. The summed E-state index contributed by atoms with van der Waals surface area (Å²) >= 11 is 1.43. The van der Waals surface area contributed by atoms with Crippen LogP contribution in [0.3, 0.4) is 0 Å². The first-order chi connectivity index (χ1) is 8.72. The van der Waals surface area contributed by atoms with Gasteiger partial charge in [0, 0.05) is 28.7 Å². The van der Waals surface area contributed by atoms with Gasteiger partial charge in [0.25, 0.3) is 0 Å². The van der Waals surface area contributed by atoms with Gasteiger partial charge >= 0.3 is 0 Å². The third kappa shape index (κ3) is 2.02. The highest BCUT2D eigenvalue weighted by molar-refractivity contribution is 7.99. The van der Waals surface area contributed by atoms with Crippen LogP contribution in [0.1, 0.15) is 5.56 Å². The lowest BCUT2D eigenvalue weighted by molar-refractivity contribution is -0.115. The Hall–Kier alpha value is -2.08. The number of rotatable bonds is 2. The first-order valence-electron chi connectivity index (χ1n) is 5.38. The molecule has 0 bridgehead atoms. The van der Waals surface area contributed by atoms with Gasteiger partial charge in [-0.1, -0.05) is 11.8 Å². The monoisotopic (exact) mass is 258 g/mol. The third-order valence-corrected chi connectivity index (χ3v) is 3.61. The van der Waals surface area contributed by atoms with E-state index in [0.717, 1.165) is 21.2 Å². The van der Waals surface area contributed by atoms with Crippen molar-refractivity contribution in [2.45, 2.75) is 16.3 Å². The normalized spacial score (nSPS) is 13.2. The Labute approximate surface area is 108 Å². The summed E-state index contributed by atoms with van der Waals surface area (Å²) in [6, 6.07) is 3.72. The molecule has 0 radical (unpaired) electrons. The molecule has 1 amide bonds. The molecule has 0 atom stereocenters. The molecule has 3 N–H and O–H groups in total. The molecule has 1 aliphatic heterocycles. The maximum absolute atomic E-state index is 11.3. The van der Waals surface area contributed by atoms with Crippen LogP contribution in [0, 0.1) is 0 Å². The predicted molar refractivity (Wildman–Crippen MR) is 69.3 cm³/mol. The van der Waals surface area contributed by atoms with Crippen LogP contribution >= 0.6 is 11.8 Å². The molecule has 1 aliphatic rings. The number of benzene rings is 1. The minimum absolute atomic E-state index is 0.00560. The van der Waals surface area contributed by atoms with E-state index in [9.17, 15) is 4.79 Å². The molecule has 18 heavy (non-hydrogen) atoms. The highest BCUT2D eigenvalue weighted by Gasteiger charge is 2.19. The van der Waals surface area contributed by atoms with Crippen LogP contribution in [0.15, 0.2) is 40.6 Å². The summed E-state index contributed by atoms with van der Waals surface area (Å²) in [4.78, 5) is 20.4. The summed E-state index contributed by atoms with van der Waals surface area (Å²) in [5, 5.41) is 3.58. The molecule has 6 heteroatoms. The molecule has 3 rings (SSSR count). The molecule has 90 valence electrons. The van der Waals surface area contributed by atoms with Crippen LogP contribution in [-0.4, -0.2) is 15.9 Å². The molecular weight excluding hydrogens is 248 g/mol. The summed E-state index contributed by atoms with van der Waals surface area (Å²) < 4.78 is 0. The largest absolute Gasteiger partial charge is 0.398 e. The van der Waals surface area contributed by atoms with Gasteiger partial charge in [-0.05, 0) is 17.7 Å². The molecule has 0 saturated heterocycles. The summed E-state index contributed by atoms with van der Waals surface area (Å²) in [5.41, 5.74) is 8.41. The fourth-order valence-corrected chi connectivity index (χ4v) is 2.62. The minimum atomic E-state index is 0.00560. The molecular formula is C12H10N4OS. The zero-order valence-corrected chi connectivity index (χ0v) is 10.2. The van der Waals surface area contributed by atoms with Crippen molar-refractivity contribution in [2.75, 3.05) is 11.1 Å². The van der Waals surface area contributed by atoms with Crippen molar-refractivity contribution in [3.8, 4) is 0 Å². The number of fused-ring (bicyclic) bond motifs is 1. The fourth-order valence-electron chi connectivity index (χ4n) is 1.81. The molecule has 5 nitrogen and oxygen atoms in total. The molecule has 0 unspecified atom stereocenters. The molecule has 1 aromatic carbocycles. The minimum Gasteiger partial charge on any atom is -0.398 e. The molecule has 1 aromatic heterocycles. The number of carbonyl (C=O) groups excluding carboxylic acids is 1. The van der Waals surface area contributed by atoms with E-state index >= 15 is 0 Å². The Balaban J connectivity index is 1.94. The number of nitrogens with one attached hydrogen (secondary N) is 1. The summed E-state index contributed by atoms with van der Waals surface area (Å²) in [6.07, 6.45) is 5.33. The van der Waals surface area contributed by atoms with Gasteiger partial charge in [-0.25, -0.2) is 4.98 Å². The number of hydrogen-bond acceptors (Lipinski definition) is 5. The van der Waals surface area contributed by atoms with Gasteiger partial charge in [0.2, 0.25) is 5.91 Å². The van der Waals surface area contributed by atoms with Crippen molar-refractivity contribution >= 4 is 29.0 Å². The lowest BCUT2D eigenvalue weighted by Gasteiger charge is -2.07. The standard InChI is InChI=1S/C12H10N4OS/c13-8-3-7-4-11(17)16-9(7)5-10(8)18-12-6-14-1-2-15-12/h1-3,5-6H,4,13H2,(H,16,17). The van der Waals surface area contributed by atoms with E-state index in [-0.39, 0.29) is 5.91 Å². The van der Waals surface area contributed by atoms with E-state index in [4.69, 9.17) is 5.73 Å². The predicted octanol–water partition coefficient (Wildman–Crippen LogP) is 1.70. The molecule has 0 fully saturated rings. The van der Waals surface area contributed by atoms with Crippen LogP contribution in [0.5, 0.6) is 0 Å². The quantitative estimate of drug-likeness (QED) is 0.801. The maximum Gasteiger partial charge on any atom is 0.228 e. The van der Waals surface area contributed by atoms with Gasteiger partial charge in [-0.2, -0.15) is 0 Å². The highest BCUT2D eigenvalue weighted by Crippen LogP contribution is 2.36. The topological polar surface area (TPSA) is 80.9 Å². The van der Waals surface area contributed by atoms with E-state index in [0.29, 0.717) is 12.1 Å². The van der Waals surface area contributed by atoms with Gasteiger partial charge in [0.1, 0.15) is 5.03 Å². The van der Waals surface area contributed by atoms with Crippen LogP contribution in [0.2, 0.25) is 0 Å². The van der Waals surface area contributed by atoms with Crippen molar-refractivity contribution < 1.29 is 4.79 Å². The molecule has 2 aromatic rings. The van der Waals surface area contributed by atoms with Crippen molar-refractivity contribution in [3.63, 3.8) is 0 Å². The summed E-state index contributed by atoms with van der Waals surface area (Å²) in [6.45, 7) is 0. The van der Waals surface area contributed by atoms with Gasteiger partial charge in [-0.15, -0.1) is 0 Å². The average Bonchev–Trinajstić information content (AvgIpc) is 2.70. The zero-order chi connectivity index (χ0) is 12.5. The van der Waals surface area contributed by atoms with E-state index in [1.54, 1.807) is 18.6 Å². The Bertz CT molecular complexity index is 615. The number of anilines is 2. The third-order valence-electron chi connectivity index (χ3n) is 2.61. The number of aromatic nitrogens is 2. The number of nitrogen functional groups attached to an aromatic ring is 1. The Morgan fingerprint density at radius 1 is 1.33 bits per heavy atom. The second kappa shape index (κ2) is 4.30. The first kappa shape index (κ1) is 11.0. The number of nitrogens with zero attached hydrogens (tertiary/aromatic N) is 2. The number of amides is 1. The zero-order valence-electron chi connectivity index (χ0n) is 9.38. The van der Waals surface area contributed by atoms with Crippen molar-refractivity contribution in [3.05, 3.63) is 36.3 Å². The van der Waals surface area contributed by atoms with Crippen LogP contribution in [0.25, 0.3) is 0 Å². The Kier molecular flexibility index (Phi) is 2.64. The van der Waals surface area contributed by atoms with E-state index in [1.807, 2.05) is 12.1 Å². The number of hydrogen-bond donors (Lipinski definition) is 2. The summed E-state index contributed by atoms with van der Waals surface area (Å²) in [7, 11) is 0.